The highest BCUT2D eigenvalue weighted by atomic mass is 19.2. The second kappa shape index (κ2) is 7.15. The molecule has 21 heavy (non-hydrogen) atoms. The van der Waals surface area contributed by atoms with E-state index < -0.39 is 17.0 Å². The predicted octanol–water partition coefficient (Wildman–Crippen LogP) is 2.85. The highest BCUT2D eigenvalue weighted by Gasteiger charge is 2.20. The lowest BCUT2D eigenvalue weighted by molar-refractivity contribution is -0.128. The Bertz CT molecular complexity index is 525. The summed E-state index contributed by atoms with van der Waals surface area (Å²) in [6, 6.07) is 3.17. The second-order valence-electron chi connectivity index (χ2n) is 5.79. The van der Waals surface area contributed by atoms with Gasteiger partial charge >= 0.3 is 0 Å². The lowest BCUT2D eigenvalue weighted by Gasteiger charge is -2.17. The molecule has 0 aromatic heterocycles. The van der Waals surface area contributed by atoms with Crippen molar-refractivity contribution in [3.63, 3.8) is 0 Å². The third-order valence-electron chi connectivity index (χ3n) is 2.75. The first-order valence-electron chi connectivity index (χ1n) is 6.73. The van der Waals surface area contributed by atoms with Crippen molar-refractivity contribution >= 4 is 17.5 Å². The average molecular weight is 298 g/mol. The first kappa shape index (κ1) is 17.1. The standard InChI is InChI=1S/C15H20F2N2O2/c1-15(2,3)14(21)18-8-4-5-13(20)19-10-6-7-11(16)12(17)9-10/h6-7,9H,4-5,8H2,1-3H3,(H,18,21)(H,19,20). The monoisotopic (exact) mass is 298 g/mol. The molecule has 1 rings (SSSR count). The Labute approximate surface area is 122 Å². The van der Waals surface area contributed by atoms with Crippen LogP contribution >= 0.6 is 0 Å². The molecule has 0 aliphatic heterocycles. The summed E-state index contributed by atoms with van der Waals surface area (Å²) < 4.78 is 25.7. The third kappa shape index (κ3) is 5.89. The van der Waals surface area contributed by atoms with Crippen LogP contribution in [-0.4, -0.2) is 18.4 Å². The van der Waals surface area contributed by atoms with Gasteiger partial charge in [0.25, 0.3) is 0 Å². The number of carbonyl (C=O) groups is 2. The first-order chi connectivity index (χ1) is 9.70. The van der Waals surface area contributed by atoms with Crippen molar-refractivity contribution < 1.29 is 18.4 Å². The molecule has 0 atom stereocenters. The normalized spacial score (nSPS) is 11.1. The Kier molecular flexibility index (Phi) is 5.81. The number of hydrogen-bond acceptors (Lipinski definition) is 2. The molecule has 0 radical (unpaired) electrons. The Morgan fingerprint density at radius 2 is 1.81 bits per heavy atom. The Morgan fingerprint density at radius 3 is 2.38 bits per heavy atom. The third-order valence-corrected chi connectivity index (χ3v) is 2.75. The van der Waals surface area contributed by atoms with Crippen molar-refractivity contribution in [3.05, 3.63) is 29.8 Å². The van der Waals surface area contributed by atoms with Crippen molar-refractivity contribution in [3.8, 4) is 0 Å². The van der Waals surface area contributed by atoms with Gasteiger partial charge in [-0.1, -0.05) is 20.8 Å². The van der Waals surface area contributed by atoms with Gasteiger partial charge in [0.1, 0.15) is 0 Å². The van der Waals surface area contributed by atoms with Crippen LogP contribution in [0.3, 0.4) is 0 Å². The molecule has 2 amide bonds. The zero-order valence-corrected chi connectivity index (χ0v) is 12.4. The molecule has 4 nitrogen and oxygen atoms in total. The maximum atomic E-state index is 13.0. The quantitative estimate of drug-likeness (QED) is 0.821. The lowest BCUT2D eigenvalue weighted by Crippen LogP contribution is -2.35. The van der Waals surface area contributed by atoms with Crippen LogP contribution in [0.5, 0.6) is 0 Å². The molecule has 1 aromatic carbocycles. The molecule has 116 valence electrons. The number of halogens is 2. The molecule has 0 spiro atoms. The largest absolute Gasteiger partial charge is 0.356 e. The second-order valence-corrected chi connectivity index (χ2v) is 5.79. The van der Waals surface area contributed by atoms with E-state index in [2.05, 4.69) is 10.6 Å². The van der Waals surface area contributed by atoms with Crippen molar-refractivity contribution in [2.75, 3.05) is 11.9 Å². The van der Waals surface area contributed by atoms with Crippen LogP contribution in [0.15, 0.2) is 18.2 Å². The van der Waals surface area contributed by atoms with Crippen molar-refractivity contribution in [1.29, 1.82) is 0 Å². The number of anilines is 1. The summed E-state index contributed by atoms with van der Waals surface area (Å²) in [5, 5.41) is 5.20. The summed E-state index contributed by atoms with van der Waals surface area (Å²) in [7, 11) is 0. The molecule has 6 heteroatoms. The number of nitrogens with one attached hydrogen (secondary N) is 2. The minimum absolute atomic E-state index is 0.0801. The number of carbonyl (C=O) groups excluding carboxylic acids is 2. The van der Waals surface area contributed by atoms with E-state index in [4.69, 9.17) is 0 Å². The molecule has 2 N–H and O–H groups in total. The van der Waals surface area contributed by atoms with E-state index in [-0.39, 0.29) is 23.9 Å². The predicted molar refractivity (Wildman–Crippen MR) is 76.7 cm³/mol. The minimum atomic E-state index is -1.01. The van der Waals surface area contributed by atoms with Crippen LogP contribution in [0.4, 0.5) is 14.5 Å². The fourth-order valence-electron chi connectivity index (χ4n) is 1.51. The SMILES string of the molecule is CC(C)(C)C(=O)NCCCC(=O)Nc1ccc(F)c(F)c1. The van der Waals surface area contributed by atoms with Gasteiger partial charge in [0.2, 0.25) is 11.8 Å². The maximum absolute atomic E-state index is 13.0. The summed E-state index contributed by atoms with van der Waals surface area (Å²) in [5.41, 5.74) is -0.258. The molecule has 0 aliphatic rings. The van der Waals surface area contributed by atoms with Crippen molar-refractivity contribution in [1.82, 2.24) is 5.32 Å². The van der Waals surface area contributed by atoms with Gasteiger partial charge in [0.15, 0.2) is 11.6 Å². The number of rotatable bonds is 5. The summed E-state index contributed by atoms with van der Waals surface area (Å²) >= 11 is 0. The molecule has 0 aliphatic carbocycles. The van der Waals surface area contributed by atoms with Gasteiger partial charge in [0.05, 0.1) is 0 Å². The molecule has 0 saturated carbocycles. The van der Waals surface area contributed by atoms with Crippen LogP contribution in [-0.2, 0) is 9.59 Å². The Balaban J connectivity index is 2.32. The fourth-order valence-corrected chi connectivity index (χ4v) is 1.51. The van der Waals surface area contributed by atoms with Crippen LogP contribution in [0.2, 0.25) is 0 Å². The van der Waals surface area contributed by atoms with Gasteiger partial charge in [-0.05, 0) is 18.6 Å². The van der Waals surface area contributed by atoms with Crippen LogP contribution in [0, 0.1) is 17.0 Å². The Morgan fingerprint density at radius 1 is 1.14 bits per heavy atom. The van der Waals surface area contributed by atoms with Gasteiger partial charge in [-0.2, -0.15) is 0 Å². The van der Waals surface area contributed by atoms with E-state index in [1.165, 1.54) is 6.07 Å². The van der Waals surface area contributed by atoms with E-state index in [9.17, 15) is 18.4 Å². The topological polar surface area (TPSA) is 58.2 Å². The van der Waals surface area contributed by atoms with Crippen LogP contribution in [0.25, 0.3) is 0 Å². The molecule has 0 bridgehead atoms. The van der Waals surface area contributed by atoms with Gasteiger partial charge in [-0.3, -0.25) is 9.59 Å². The zero-order valence-electron chi connectivity index (χ0n) is 12.4. The van der Waals surface area contributed by atoms with Crippen molar-refractivity contribution in [2.45, 2.75) is 33.6 Å². The van der Waals surface area contributed by atoms with E-state index in [0.29, 0.717) is 13.0 Å². The molecular weight excluding hydrogens is 278 g/mol. The molecule has 0 fully saturated rings. The Hall–Kier alpha value is -1.98. The molecule has 1 aromatic rings. The fraction of sp³-hybridized carbons (Fsp3) is 0.467. The van der Waals surface area contributed by atoms with Crippen molar-refractivity contribution in [2.24, 2.45) is 5.41 Å². The lowest BCUT2D eigenvalue weighted by atomic mass is 9.96. The molecule has 0 unspecified atom stereocenters. The summed E-state index contributed by atoms with van der Waals surface area (Å²) in [6.45, 7) is 5.80. The van der Waals surface area contributed by atoms with E-state index in [1.807, 2.05) is 0 Å². The van der Waals surface area contributed by atoms with Gasteiger partial charge in [-0.15, -0.1) is 0 Å². The molecular formula is C15H20F2N2O2. The highest BCUT2D eigenvalue weighted by Crippen LogP contribution is 2.14. The molecule has 0 saturated heterocycles. The van der Waals surface area contributed by atoms with E-state index in [1.54, 1.807) is 20.8 Å². The number of benzene rings is 1. The first-order valence-corrected chi connectivity index (χ1v) is 6.73. The number of amides is 2. The zero-order chi connectivity index (χ0) is 16.0. The van der Waals surface area contributed by atoms with Gasteiger partial charge in [0, 0.05) is 30.1 Å². The van der Waals surface area contributed by atoms with Crippen LogP contribution in [0.1, 0.15) is 33.6 Å². The van der Waals surface area contributed by atoms with Crippen LogP contribution < -0.4 is 10.6 Å². The minimum Gasteiger partial charge on any atom is -0.356 e. The van der Waals surface area contributed by atoms with Gasteiger partial charge < -0.3 is 10.6 Å². The highest BCUT2D eigenvalue weighted by molar-refractivity contribution is 5.90. The van der Waals surface area contributed by atoms with E-state index in [0.717, 1.165) is 12.1 Å². The summed E-state index contributed by atoms with van der Waals surface area (Å²) in [5.74, 6) is -2.36. The van der Waals surface area contributed by atoms with Gasteiger partial charge in [-0.25, -0.2) is 8.78 Å². The van der Waals surface area contributed by atoms with E-state index >= 15 is 0 Å². The maximum Gasteiger partial charge on any atom is 0.225 e. The number of hydrogen-bond donors (Lipinski definition) is 2. The smallest absolute Gasteiger partial charge is 0.225 e. The summed E-state index contributed by atoms with van der Waals surface area (Å²) in [6.07, 6.45) is 0.654. The summed E-state index contributed by atoms with van der Waals surface area (Å²) in [4.78, 5) is 23.2. The average Bonchev–Trinajstić information content (AvgIpc) is 2.37. The molecule has 0 heterocycles.